The third kappa shape index (κ3) is 3.64. The van der Waals surface area contributed by atoms with Gasteiger partial charge in [-0.3, -0.25) is 4.79 Å². The Morgan fingerprint density at radius 3 is 2.71 bits per heavy atom. The Balaban J connectivity index is 1.76. The number of esters is 1. The van der Waals surface area contributed by atoms with E-state index >= 15 is 0 Å². The second kappa shape index (κ2) is 6.84. The number of carbonyl (C=O) groups is 2. The molecule has 2 heterocycles. The van der Waals surface area contributed by atoms with E-state index in [1.165, 1.54) is 18.4 Å². The second-order valence-corrected chi connectivity index (χ2v) is 9.76. The molecule has 1 saturated heterocycles. The van der Waals surface area contributed by atoms with E-state index in [0.717, 1.165) is 36.1 Å². The van der Waals surface area contributed by atoms with E-state index in [-0.39, 0.29) is 29.8 Å². The van der Waals surface area contributed by atoms with Crippen LogP contribution in [0, 0.1) is 5.92 Å². The van der Waals surface area contributed by atoms with Crippen LogP contribution in [0.2, 0.25) is 0 Å². The largest absolute Gasteiger partial charge is 0.465 e. The number of rotatable bonds is 4. The van der Waals surface area contributed by atoms with Crippen LogP contribution >= 0.6 is 11.3 Å². The number of hydrogen-bond acceptors (Lipinski definition) is 6. The standard InChI is InChI=1S/C16H21NO5S2/c1-22-16(19)14-11-4-2-3-5-12(11)23-15(14)17-13(18)8-10-6-7-24(20,21)9-10/h10H,2-9H2,1H3,(H,17,18). The van der Waals surface area contributed by atoms with Crippen LogP contribution in [-0.4, -0.2) is 38.9 Å². The molecule has 0 aromatic carbocycles. The summed E-state index contributed by atoms with van der Waals surface area (Å²) in [4.78, 5) is 25.6. The normalized spacial score (nSPS) is 22.0. The van der Waals surface area contributed by atoms with Crippen LogP contribution in [0.25, 0.3) is 0 Å². The lowest BCUT2D eigenvalue weighted by molar-refractivity contribution is -0.116. The van der Waals surface area contributed by atoms with Gasteiger partial charge >= 0.3 is 5.97 Å². The highest BCUT2D eigenvalue weighted by molar-refractivity contribution is 7.91. The summed E-state index contributed by atoms with van der Waals surface area (Å²) in [6, 6.07) is 0. The van der Waals surface area contributed by atoms with Crippen LogP contribution in [0.1, 0.15) is 46.5 Å². The molecular formula is C16H21NO5S2. The second-order valence-electron chi connectivity index (χ2n) is 6.43. The van der Waals surface area contributed by atoms with E-state index < -0.39 is 15.8 Å². The van der Waals surface area contributed by atoms with Crippen LogP contribution in [0.4, 0.5) is 5.00 Å². The van der Waals surface area contributed by atoms with E-state index in [0.29, 0.717) is 17.0 Å². The molecule has 1 aromatic rings. The summed E-state index contributed by atoms with van der Waals surface area (Å²) in [5, 5.41) is 3.36. The van der Waals surface area contributed by atoms with Crippen molar-refractivity contribution in [1.82, 2.24) is 0 Å². The van der Waals surface area contributed by atoms with Crippen molar-refractivity contribution in [3.8, 4) is 0 Å². The first-order chi connectivity index (χ1) is 11.4. The third-order valence-corrected chi connectivity index (χ3v) is 7.66. The fourth-order valence-corrected chi connectivity index (χ4v) is 6.60. The Bertz CT molecular complexity index is 766. The molecule has 1 atom stereocenters. The van der Waals surface area contributed by atoms with Crippen molar-refractivity contribution in [2.24, 2.45) is 5.92 Å². The van der Waals surface area contributed by atoms with E-state index in [4.69, 9.17) is 4.74 Å². The van der Waals surface area contributed by atoms with Gasteiger partial charge in [0.05, 0.1) is 24.2 Å². The van der Waals surface area contributed by atoms with Crippen LogP contribution in [0.5, 0.6) is 0 Å². The van der Waals surface area contributed by atoms with E-state index in [2.05, 4.69) is 5.32 Å². The average molecular weight is 371 g/mol. The molecule has 132 valence electrons. The Morgan fingerprint density at radius 2 is 2.04 bits per heavy atom. The zero-order chi connectivity index (χ0) is 17.3. The molecule has 1 unspecified atom stereocenters. The molecule has 3 rings (SSSR count). The van der Waals surface area contributed by atoms with Crippen LogP contribution in [0.15, 0.2) is 0 Å². The maximum atomic E-state index is 12.3. The predicted octanol–water partition coefficient (Wildman–Crippen LogP) is 2.18. The molecule has 1 amide bonds. The molecule has 1 N–H and O–H groups in total. The van der Waals surface area contributed by atoms with Crippen LogP contribution < -0.4 is 5.32 Å². The van der Waals surface area contributed by atoms with E-state index in [1.807, 2.05) is 0 Å². The number of aryl methyl sites for hydroxylation is 1. The Hall–Kier alpha value is -1.41. The predicted molar refractivity (Wildman–Crippen MR) is 92.3 cm³/mol. The summed E-state index contributed by atoms with van der Waals surface area (Å²) in [5.41, 5.74) is 1.47. The van der Waals surface area contributed by atoms with Gasteiger partial charge in [0.2, 0.25) is 5.91 Å². The zero-order valence-electron chi connectivity index (χ0n) is 13.6. The third-order valence-electron chi connectivity index (χ3n) is 4.61. The first-order valence-corrected chi connectivity index (χ1v) is 10.8. The van der Waals surface area contributed by atoms with Gasteiger partial charge in [-0.15, -0.1) is 11.3 Å². The zero-order valence-corrected chi connectivity index (χ0v) is 15.2. The van der Waals surface area contributed by atoms with Crippen molar-refractivity contribution in [1.29, 1.82) is 0 Å². The summed E-state index contributed by atoms with van der Waals surface area (Å²) >= 11 is 1.44. The van der Waals surface area contributed by atoms with E-state index in [9.17, 15) is 18.0 Å². The molecule has 2 aliphatic rings. The molecule has 24 heavy (non-hydrogen) atoms. The molecule has 0 saturated carbocycles. The number of anilines is 1. The van der Waals surface area contributed by atoms with Gasteiger partial charge in [0, 0.05) is 11.3 Å². The summed E-state index contributed by atoms with van der Waals surface area (Å²) < 4.78 is 27.9. The summed E-state index contributed by atoms with van der Waals surface area (Å²) in [6.45, 7) is 0. The summed E-state index contributed by atoms with van der Waals surface area (Å²) in [7, 11) is -1.66. The van der Waals surface area contributed by atoms with Gasteiger partial charge in [-0.25, -0.2) is 13.2 Å². The topological polar surface area (TPSA) is 89.5 Å². The fraction of sp³-hybridized carbons (Fsp3) is 0.625. The number of nitrogens with one attached hydrogen (secondary N) is 1. The monoisotopic (exact) mass is 371 g/mol. The molecule has 1 aromatic heterocycles. The summed E-state index contributed by atoms with van der Waals surface area (Å²) in [6.07, 6.45) is 4.55. The fourth-order valence-electron chi connectivity index (χ4n) is 3.44. The van der Waals surface area contributed by atoms with Gasteiger partial charge in [-0.2, -0.15) is 0 Å². The van der Waals surface area contributed by atoms with Crippen molar-refractivity contribution in [2.75, 3.05) is 23.9 Å². The number of thiophene rings is 1. The lowest BCUT2D eigenvalue weighted by Crippen LogP contribution is -2.18. The average Bonchev–Trinajstić information content (AvgIpc) is 3.05. The van der Waals surface area contributed by atoms with E-state index in [1.54, 1.807) is 0 Å². The van der Waals surface area contributed by atoms with Gasteiger partial charge in [0.15, 0.2) is 9.84 Å². The lowest BCUT2D eigenvalue weighted by Gasteiger charge is -2.12. The quantitative estimate of drug-likeness (QED) is 0.820. The first kappa shape index (κ1) is 17.4. The highest BCUT2D eigenvalue weighted by atomic mass is 32.2. The number of fused-ring (bicyclic) bond motifs is 1. The molecule has 0 bridgehead atoms. The van der Waals surface area contributed by atoms with Crippen molar-refractivity contribution >= 4 is 38.1 Å². The number of sulfone groups is 1. The molecular weight excluding hydrogens is 350 g/mol. The number of methoxy groups -OCH3 is 1. The number of ether oxygens (including phenoxy) is 1. The molecule has 1 fully saturated rings. The molecule has 0 spiro atoms. The number of amides is 1. The van der Waals surface area contributed by atoms with Crippen LogP contribution in [-0.2, 0) is 32.2 Å². The lowest BCUT2D eigenvalue weighted by atomic mass is 9.95. The highest BCUT2D eigenvalue weighted by Crippen LogP contribution is 2.38. The maximum Gasteiger partial charge on any atom is 0.341 e. The van der Waals surface area contributed by atoms with Gasteiger partial charge in [0.1, 0.15) is 5.00 Å². The van der Waals surface area contributed by atoms with Crippen molar-refractivity contribution in [3.63, 3.8) is 0 Å². The maximum absolute atomic E-state index is 12.3. The molecule has 6 nitrogen and oxygen atoms in total. The number of hydrogen-bond donors (Lipinski definition) is 1. The van der Waals surface area contributed by atoms with Crippen molar-refractivity contribution in [3.05, 3.63) is 16.0 Å². The van der Waals surface area contributed by atoms with Crippen molar-refractivity contribution < 1.29 is 22.7 Å². The van der Waals surface area contributed by atoms with Crippen LogP contribution in [0.3, 0.4) is 0 Å². The van der Waals surface area contributed by atoms with Crippen molar-refractivity contribution in [2.45, 2.75) is 38.5 Å². The Kier molecular flexibility index (Phi) is 4.96. The molecule has 0 radical (unpaired) electrons. The van der Waals surface area contributed by atoms with Gasteiger partial charge in [-0.1, -0.05) is 0 Å². The minimum atomic E-state index is -2.99. The highest BCUT2D eigenvalue weighted by Gasteiger charge is 2.31. The number of carbonyl (C=O) groups excluding carboxylic acids is 2. The van der Waals surface area contributed by atoms with Gasteiger partial charge < -0.3 is 10.1 Å². The Labute approximate surface area is 145 Å². The van der Waals surface area contributed by atoms with Gasteiger partial charge in [0.25, 0.3) is 0 Å². The Morgan fingerprint density at radius 1 is 1.29 bits per heavy atom. The minimum Gasteiger partial charge on any atom is -0.465 e. The molecule has 1 aliphatic heterocycles. The minimum absolute atomic E-state index is 0.0746. The molecule has 1 aliphatic carbocycles. The van der Waals surface area contributed by atoms with Gasteiger partial charge in [-0.05, 0) is 43.6 Å². The summed E-state index contributed by atoms with van der Waals surface area (Å²) in [5.74, 6) is -0.559. The SMILES string of the molecule is COC(=O)c1c(NC(=O)CC2CCS(=O)(=O)C2)sc2c1CCCC2. The smallest absolute Gasteiger partial charge is 0.341 e. The first-order valence-electron chi connectivity index (χ1n) is 8.12. The molecule has 8 heteroatoms.